The smallest absolute Gasteiger partial charge is 0.347 e. The summed E-state index contributed by atoms with van der Waals surface area (Å²) in [6, 6.07) is 6.58. The number of hydrogen-bond acceptors (Lipinski definition) is 4. The molecule has 0 saturated carbocycles. The summed E-state index contributed by atoms with van der Waals surface area (Å²) in [5, 5.41) is 0. The Morgan fingerprint density at radius 2 is 1.82 bits per heavy atom. The summed E-state index contributed by atoms with van der Waals surface area (Å²) in [5.74, 6) is 0.146. The van der Waals surface area contributed by atoms with Crippen LogP contribution in [0.4, 0.5) is 0 Å². The van der Waals surface area contributed by atoms with Crippen LogP contribution in [-0.4, -0.2) is 25.5 Å². The Hall–Kier alpha value is -1.84. The molecule has 0 aromatic heterocycles. The van der Waals surface area contributed by atoms with Gasteiger partial charge >= 0.3 is 5.97 Å². The van der Waals surface area contributed by atoms with Gasteiger partial charge in [-0.3, -0.25) is 4.79 Å². The molecule has 1 atom stereocenters. The van der Waals surface area contributed by atoms with Gasteiger partial charge < -0.3 is 9.47 Å². The molecule has 4 heteroatoms. The van der Waals surface area contributed by atoms with Gasteiger partial charge in [-0.15, -0.1) is 0 Å². The van der Waals surface area contributed by atoms with Gasteiger partial charge in [-0.1, -0.05) is 13.8 Å². The third-order valence-corrected chi connectivity index (χ3v) is 2.32. The van der Waals surface area contributed by atoms with Gasteiger partial charge in [-0.25, -0.2) is 4.79 Å². The molecule has 0 amide bonds. The van der Waals surface area contributed by atoms with Crippen molar-refractivity contribution in [3.05, 3.63) is 29.8 Å². The van der Waals surface area contributed by atoms with Crippen LogP contribution in [0.15, 0.2) is 24.3 Å². The minimum Gasteiger partial charge on any atom is -0.478 e. The summed E-state index contributed by atoms with van der Waals surface area (Å²) in [6.45, 7) is 3.75. The Balaban J connectivity index is 2.78. The molecule has 1 rings (SSSR count). The number of rotatable bonds is 5. The predicted molar refractivity (Wildman–Crippen MR) is 63.1 cm³/mol. The first-order valence-corrected chi connectivity index (χ1v) is 5.38. The highest BCUT2D eigenvalue weighted by molar-refractivity contribution is 5.76. The van der Waals surface area contributed by atoms with E-state index in [0.29, 0.717) is 11.3 Å². The number of benzene rings is 1. The Kier molecular flexibility index (Phi) is 4.69. The molecule has 0 aliphatic heterocycles. The van der Waals surface area contributed by atoms with Crippen LogP contribution in [0.25, 0.3) is 0 Å². The molecule has 0 radical (unpaired) electrons. The molecule has 0 fully saturated rings. The van der Waals surface area contributed by atoms with Crippen molar-refractivity contribution in [1.29, 1.82) is 0 Å². The number of carbonyl (C=O) groups excluding carboxylic acids is 2. The van der Waals surface area contributed by atoms with E-state index in [9.17, 15) is 9.59 Å². The maximum atomic E-state index is 11.5. The zero-order valence-electron chi connectivity index (χ0n) is 10.2. The van der Waals surface area contributed by atoms with Crippen molar-refractivity contribution in [1.82, 2.24) is 0 Å². The van der Waals surface area contributed by atoms with E-state index in [4.69, 9.17) is 4.74 Å². The van der Waals surface area contributed by atoms with Crippen molar-refractivity contribution in [2.24, 2.45) is 5.92 Å². The van der Waals surface area contributed by atoms with Crippen LogP contribution in [0.2, 0.25) is 0 Å². The summed E-state index contributed by atoms with van der Waals surface area (Å²) < 4.78 is 10.2. The molecule has 4 nitrogen and oxygen atoms in total. The van der Waals surface area contributed by atoms with Crippen LogP contribution in [0.5, 0.6) is 5.75 Å². The molecule has 0 aliphatic carbocycles. The Morgan fingerprint density at radius 3 is 2.24 bits per heavy atom. The van der Waals surface area contributed by atoms with Gasteiger partial charge in [0.25, 0.3) is 0 Å². The van der Waals surface area contributed by atoms with Crippen LogP contribution in [0.1, 0.15) is 24.2 Å². The molecule has 0 N–H and O–H groups in total. The quantitative estimate of drug-likeness (QED) is 0.580. The highest BCUT2D eigenvalue weighted by atomic mass is 16.6. The van der Waals surface area contributed by atoms with Gasteiger partial charge in [-0.2, -0.15) is 0 Å². The molecule has 0 aliphatic rings. The second-order valence-corrected chi connectivity index (χ2v) is 3.99. The van der Waals surface area contributed by atoms with Crippen LogP contribution in [-0.2, 0) is 9.53 Å². The van der Waals surface area contributed by atoms with Crippen molar-refractivity contribution in [2.75, 3.05) is 7.11 Å². The first kappa shape index (κ1) is 13.2. The predicted octanol–water partition coefficient (Wildman–Crippen LogP) is 2.08. The fraction of sp³-hybridized carbons (Fsp3) is 0.385. The molecule has 17 heavy (non-hydrogen) atoms. The summed E-state index contributed by atoms with van der Waals surface area (Å²) >= 11 is 0. The second kappa shape index (κ2) is 6.03. The highest BCUT2D eigenvalue weighted by Crippen LogP contribution is 2.17. The SMILES string of the molecule is COC(=O)C(Oc1ccc(C=O)cc1)C(C)C. The lowest BCUT2D eigenvalue weighted by molar-refractivity contribution is -0.150. The average Bonchev–Trinajstić information content (AvgIpc) is 2.35. The fourth-order valence-corrected chi connectivity index (χ4v) is 1.34. The Bertz CT molecular complexity index is 381. The summed E-state index contributed by atoms with van der Waals surface area (Å²) in [4.78, 5) is 22.0. The maximum Gasteiger partial charge on any atom is 0.347 e. The van der Waals surface area contributed by atoms with E-state index in [0.717, 1.165) is 6.29 Å². The Labute approximate surface area is 101 Å². The average molecular weight is 236 g/mol. The maximum absolute atomic E-state index is 11.5. The third-order valence-electron chi connectivity index (χ3n) is 2.32. The van der Waals surface area contributed by atoms with Crippen LogP contribution in [0, 0.1) is 5.92 Å². The second-order valence-electron chi connectivity index (χ2n) is 3.99. The van der Waals surface area contributed by atoms with Crippen molar-refractivity contribution in [3.8, 4) is 5.75 Å². The standard InChI is InChI=1S/C13H16O4/c1-9(2)12(13(15)16-3)17-11-6-4-10(8-14)5-7-11/h4-9,12H,1-3H3. The van der Waals surface area contributed by atoms with Crippen molar-refractivity contribution >= 4 is 12.3 Å². The van der Waals surface area contributed by atoms with Crippen LogP contribution in [0.3, 0.4) is 0 Å². The minimum atomic E-state index is -0.637. The Morgan fingerprint density at radius 1 is 1.24 bits per heavy atom. The molecule has 1 aromatic carbocycles. The van der Waals surface area contributed by atoms with Crippen LogP contribution < -0.4 is 4.74 Å². The number of aldehydes is 1. The zero-order chi connectivity index (χ0) is 12.8. The van der Waals surface area contributed by atoms with Gasteiger partial charge in [-0.05, 0) is 24.3 Å². The van der Waals surface area contributed by atoms with E-state index in [-0.39, 0.29) is 5.92 Å². The monoisotopic (exact) mass is 236 g/mol. The molecular weight excluding hydrogens is 220 g/mol. The summed E-state index contributed by atoms with van der Waals surface area (Å²) in [6.07, 6.45) is 0.117. The first-order valence-electron chi connectivity index (χ1n) is 5.38. The first-order chi connectivity index (χ1) is 8.08. The molecule has 0 spiro atoms. The van der Waals surface area contributed by atoms with Gasteiger partial charge in [0.2, 0.25) is 0 Å². The molecular formula is C13H16O4. The number of carbonyl (C=O) groups is 2. The number of esters is 1. The van der Waals surface area contributed by atoms with Crippen molar-refractivity contribution in [2.45, 2.75) is 20.0 Å². The van der Waals surface area contributed by atoms with Gasteiger partial charge in [0, 0.05) is 11.5 Å². The van der Waals surface area contributed by atoms with Crippen molar-refractivity contribution < 1.29 is 19.1 Å². The lowest BCUT2D eigenvalue weighted by atomic mass is 10.1. The van der Waals surface area contributed by atoms with Gasteiger partial charge in [0.05, 0.1) is 7.11 Å². The highest BCUT2D eigenvalue weighted by Gasteiger charge is 2.24. The molecule has 1 unspecified atom stereocenters. The van der Waals surface area contributed by atoms with Gasteiger partial charge in [0.1, 0.15) is 12.0 Å². The minimum absolute atomic E-state index is 0.00759. The number of methoxy groups -OCH3 is 1. The summed E-state index contributed by atoms with van der Waals surface area (Å²) in [7, 11) is 1.33. The van der Waals surface area contributed by atoms with E-state index < -0.39 is 12.1 Å². The molecule has 92 valence electrons. The lowest BCUT2D eigenvalue weighted by Gasteiger charge is -2.20. The molecule has 0 saturated heterocycles. The van der Waals surface area contributed by atoms with E-state index in [2.05, 4.69) is 4.74 Å². The number of ether oxygens (including phenoxy) is 2. The largest absolute Gasteiger partial charge is 0.478 e. The lowest BCUT2D eigenvalue weighted by Crippen LogP contribution is -2.33. The topological polar surface area (TPSA) is 52.6 Å². The molecule has 1 aromatic rings. The fourth-order valence-electron chi connectivity index (χ4n) is 1.34. The van der Waals surface area contributed by atoms with E-state index >= 15 is 0 Å². The van der Waals surface area contributed by atoms with E-state index in [1.54, 1.807) is 24.3 Å². The van der Waals surface area contributed by atoms with Crippen molar-refractivity contribution in [3.63, 3.8) is 0 Å². The molecule has 0 heterocycles. The summed E-state index contributed by atoms with van der Waals surface area (Å²) in [5.41, 5.74) is 0.566. The normalized spacial score (nSPS) is 12.0. The van der Waals surface area contributed by atoms with E-state index in [1.807, 2.05) is 13.8 Å². The van der Waals surface area contributed by atoms with Crippen LogP contribution >= 0.6 is 0 Å². The van der Waals surface area contributed by atoms with Gasteiger partial charge in [0.15, 0.2) is 6.10 Å². The number of hydrogen-bond donors (Lipinski definition) is 0. The zero-order valence-corrected chi connectivity index (χ0v) is 10.2. The third kappa shape index (κ3) is 3.59. The van der Waals surface area contributed by atoms with E-state index in [1.165, 1.54) is 7.11 Å². The molecule has 0 bridgehead atoms.